The van der Waals surface area contributed by atoms with Crippen LogP contribution in [0, 0.1) is 17.0 Å². The fraction of sp³-hybridized carbons (Fsp3) is 0.250. The predicted molar refractivity (Wildman–Crippen MR) is 82.4 cm³/mol. The molecule has 0 bridgehead atoms. The Morgan fingerprint density at radius 1 is 1.19 bits per heavy atom. The highest BCUT2D eigenvalue weighted by molar-refractivity contribution is 5.56. The zero-order valence-electron chi connectivity index (χ0n) is 11.9. The number of nitrogens with zero attached hydrogens (tertiary/aromatic N) is 2. The van der Waals surface area contributed by atoms with E-state index >= 15 is 0 Å². The lowest BCUT2D eigenvalue weighted by molar-refractivity contribution is -0.385. The molecule has 0 aliphatic rings. The van der Waals surface area contributed by atoms with E-state index in [1.165, 1.54) is 0 Å². The van der Waals surface area contributed by atoms with Crippen LogP contribution in [0.4, 0.5) is 11.4 Å². The topological polar surface area (TPSA) is 66.6 Å². The molecule has 0 spiro atoms. The predicted octanol–water partition coefficient (Wildman–Crippen LogP) is 2.90. The molecule has 0 saturated heterocycles. The summed E-state index contributed by atoms with van der Waals surface area (Å²) >= 11 is 0. The number of aryl methyl sites for hydroxylation is 1. The highest BCUT2D eigenvalue weighted by Crippen LogP contribution is 2.26. The summed E-state index contributed by atoms with van der Waals surface area (Å²) in [4.78, 5) is 12.6. The van der Waals surface area contributed by atoms with E-state index < -0.39 is 0 Å². The van der Waals surface area contributed by atoms with Crippen LogP contribution in [-0.2, 0) is 6.54 Å². The molecule has 5 heteroatoms. The first-order valence-electron chi connectivity index (χ1n) is 6.76. The lowest BCUT2D eigenvalue weighted by atomic mass is 10.1. The quantitative estimate of drug-likeness (QED) is 0.655. The van der Waals surface area contributed by atoms with Crippen molar-refractivity contribution in [1.29, 1.82) is 0 Å². The van der Waals surface area contributed by atoms with Crippen molar-refractivity contribution in [2.24, 2.45) is 0 Å². The number of hydrogen-bond donors (Lipinski definition) is 1. The van der Waals surface area contributed by atoms with E-state index in [4.69, 9.17) is 0 Å². The van der Waals surface area contributed by atoms with E-state index in [1.54, 1.807) is 19.1 Å². The van der Waals surface area contributed by atoms with Crippen molar-refractivity contribution < 1.29 is 10.0 Å². The highest BCUT2D eigenvalue weighted by Gasteiger charge is 2.14. The normalized spacial score (nSPS) is 10.4. The van der Waals surface area contributed by atoms with Crippen LogP contribution in [0.1, 0.15) is 11.1 Å². The summed E-state index contributed by atoms with van der Waals surface area (Å²) in [5.41, 5.74) is 2.57. The van der Waals surface area contributed by atoms with E-state index in [9.17, 15) is 15.2 Å². The fourth-order valence-electron chi connectivity index (χ4n) is 2.22. The van der Waals surface area contributed by atoms with E-state index in [0.29, 0.717) is 18.7 Å². The third kappa shape index (κ3) is 3.79. The zero-order chi connectivity index (χ0) is 15.2. The van der Waals surface area contributed by atoms with Gasteiger partial charge in [0.2, 0.25) is 0 Å². The number of nitro groups is 1. The Kier molecular flexibility index (Phi) is 4.90. The molecule has 2 aromatic carbocycles. The summed E-state index contributed by atoms with van der Waals surface area (Å²) < 4.78 is 0. The standard InChI is InChI=1S/C16H18N2O3/c1-13-7-8-15(11-16(13)18(20)21)17(9-10-19)12-14-5-3-2-4-6-14/h2-8,11,19H,9-10,12H2,1H3. The summed E-state index contributed by atoms with van der Waals surface area (Å²) in [7, 11) is 0. The van der Waals surface area contributed by atoms with Gasteiger partial charge in [-0.3, -0.25) is 10.1 Å². The van der Waals surface area contributed by atoms with Gasteiger partial charge in [-0.25, -0.2) is 0 Å². The number of aliphatic hydroxyl groups excluding tert-OH is 1. The van der Waals surface area contributed by atoms with Crippen molar-refractivity contribution in [2.75, 3.05) is 18.1 Å². The van der Waals surface area contributed by atoms with Gasteiger partial charge >= 0.3 is 0 Å². The fourth-order valence-corrected chi connectivity index (χ4v) is 2.22. The zero-order valence-corrected chi connectivity index (χ0v) is 11.9. The molecule has 0 unspecified atom stereocenters. The monoisotopic (exact) mass is 286 g/mol. The van der Waals surface area contributed by atoms with Gasteiger partial charge in [0.25, 0.3) is 5.69 Å². The summed E-state index contributed by atoms with van der Waals surface area (Å²) in [5, 5.41) is 20.3. The molecule has 0 fully saturated rings. The molecular weight excluding hydrogens is 268 g/mol. The van der Waals surface area contributed by atoms with E-state index in [0.717, 1.165) is 11.3 Å². The summed E-state index contributed by atoms with van der Waals surface area (Å²) in [6, 6.07) is 15.0. The maximum atomic E-state index is 11.1. The minimum atomic E-state index is -0.377. The highest BCUT2D eigenvalue weighted by atomic mass is 16.6. The Morgan fingerprint density at radius 2 is 1.90 bits per heavy atom. The summed E-state index contributed by atoms with van der Waals surface area (Å²) in [5.74, 6) is 0. The first-order valence-corrected chi connectivity index (χ1v) is 6.76. The molecule has 0 radical (unpaired) electrons. The van der Waals surface area contributed by atoms with Gasteiger partial charge < -0.3 is 10.0 Å². The van der Waals surface area contributed by atoms with Gasteiger partial charge in [0, 0.05) is 30.4 Å². The molecule has 1 N–H and O–H groups in total. The molecule has 21 heavy (non-hydrogen) atoms. The minimum Gasteiger partial charge on any atom is -0.395 e. The first-order chi connectivity index (χ1) is 10.1. The Balaban J connectivity index is 2.29. The van der Waals surface area contributed by atoms with Crippen molar-refractivity contribution >= 4 is 11.4 Å². The molecule has 5 nitrogen and oxygen atoms in total. The largest absolute Gasteiger partial charge is 0.395 e. The second kappa shape index (κ2) is 6.85. The number of benzene rings is 2. The lowest BCUT2D eigenvalue weighted by Crippen LogP contribution is -2.26. The van der Waals surface area contributed by atoms with Crippen LogP contribution >= 0.6 is 0 Å². The molecule has 0 heterocycles. The molecular formula is C16H18N2O3. The van der Waals surface area contributed by atoms with Crippen LogP contribution in [-0.4, -0.2) is 23.2 Å². The van der Waals surface area contributed by atoms with Crippen LogP contribution in [0.2, 0.25) is 0 Å². The number of hydrogen-bond acceptors (Lipinski definition) is 4. The van der Waals surface area contributed by atoms with Gasteiger partial charge in [-0.15, -0.1) is 0 Å². The maximum Gasteiger partial charge on any atom is 0.274 e. The molecule has 0 atom stereocenters. The van der Waals surface area contributed by atoms with Crippen LogP contribution in [0.5, 0.6) is 0 Å². The maximum absolute atomic E-state index is 11.1. The van der Waals surface area contributed by atoms with Gasteiger partial charge in [-0.2, -0.15) is 0 Å². The van der Waals surface area contributed by atoms with Crippen LogP contribution in [0.25, 0.3) is 0 Å². The van der Waals surface area contributed by atoms with Gasteiger partial charge in [0.1, 0.15) is 0 Å². The van der Waals surface area contributed by atoms with Crippen molar-refractivity contribution in [3.63, 3.8) is 0 Å². The summed E-state index contributed by atoms with van der Waals surface area (Å²) in [6.07, 6.45) is 0. The van der Waals surface area contributed by atoms with Crippen molar-refractivity contribution in [3.8, 4) is 0 Å². The second-order valence-corrected chi connectivity index (χ2v) is 4.86. The molecule has 110 valence electrons. The van der Waals surface area contributed by atoms with Gasteiger partial charge in [0.15, 0.2) is 0 Å². The van der Waals surface area contributed by atoms with Crippen molar-refractivity contribution in [3.05, 3.63) is 69.8 Å². The van der Waals surface area contributed by atoms with Crippen molar-refractivity contribution in [1.82, 2.24) is 0 Å². The smallest absolute Gasteiger partial charge is 0.274 e. The van der Waals surface area contributed by atoms with Gasteiger partial charge in [0.05, 0.1) is 11.5 Å². The van der Waals surface area contributed by atoms with Crippen LogP contribution < -0.4 is 4.90 Å². The number of rotatable bonds is 6. The number of anilines is 1. The molecule has 0 amide bonds. The molecule has 0 saturated carbocycles. The molecule has 0 aliphatic carbocycles. The Labute approximate surface area is 123 Å². The number of aliphatic hydroxyl groups is 1. The minimum absolute atomic E-state index is 0.00545. The second-order valence-electron chi connectivity index (χ2n) is 4.86. The molecule has 2 rings (SSSR count). The summed E-state index contributed by atoms with van der Waals surface area (Å²) in [6.45, 7) is 2.74. The van der Waals surface area contributed by atoms with Gasteiger partial charge in [-0.05, 0) is 18.6 Å². The Hall–Kier alpha value is -2.40. The first kappa shape index (κ1) is 15.0. The lowest BCUT2D eigenvalue weighted by Gasteiger charge is -2.24. The third-order valence-corrected chi connectivity index (χ3v) is 3.34. The van der Waals surface area contributed by atoms with Gasteiger partial charge in [-0.1, -0.05) is 36.4 Å². The molecule has 0 aromatic heterocycles. The third-order valence-electron chi connectivity index (χ3n) is 3.34. The molecule has 2 aromatic rings. The average molecular weight is 286 g/mol. The van der Waals surface area contributed by atoms with Crippen LogP contribution in [0.3, 0.4) is 0 Å². The number of nitro benzene ring substituents is 1. The molecule has 0 aliphatic heterocycles. The average Bonchev–Trinajstić information content (AvgIpc) is 2.48. The Bertz CT molecular complexity index is 614. The van der Waals surface area contributed by atoms with Crippen LogP contribution in [0.15, 0.2) is 48.5 Å². The van der Waals surface area contributed by atoms with Crippen molar-refractivity contribution in [2.45, 2.75) is 13.5 Å². The van der Waals surface area contributed by atoms with E-state index in [2.05, 4.69) is 0 Å². The Morgan fingerprint density at radius 3 is 2.52 bits per heavy atom. The van der Waals surface area contributed by atoms with E-state index in [-0.39, 0.29) is 17.2 Å². The SMILES string of the molecule is Cc1ccc(N(CCO)Cc2ccccc2)cc1[N+](=O)[O-]. The van der Waals surface area contributed by atoms with E-state index in [1.807, 2.05) is 41.3 Å².